The van der Waals surface area contributed by atoms with E-state index >= 15 is 0 Å². The minimum atomic E-state index is -3.71. The molecule has 1 heterocycles. The van der Waals surface area contributed by atoms with Crippen molar-refractivity contribution in [3.8, 4) is 0 Å². The van der Waals surface area contributed by atoms with Gasteiger partial charge in [-0.3, -0.25) is 0 Å². The molecule has 2 aromatic rings. The number of aliphatic hydroxyl groups is 1. The van der Waals surface area contributed by atoms with E-state index in [9.17, 15) is 22.3 Å². The van der Waals surface area contributed by atoms with Crippen LogP contribution in [-0.2, 0) is 22.0 Å². The topological polar surface area (TPSA) is 85.1 Å². The number of hydrogen-bond acceptors (Lipinski definition) is 5. The molecule has 0 saturated heterocycles. The van der Waals surface area contributed by atoms with Crippen LogP contribution in [0.25, 0.3) is 0 Å². The zero-order chi connectivity index (χ0) is 16.5. The second-order valence-corrected chi connectivity index (χ2v) is 7.48. The largest absolute Gasteiger partial charge is 0.382 e. The van der Waals surface area contributed by atoms with Crippen LogP contribution in [0.15, 0.2) is 30.9 Å². The highest BCUT2D eigenvalue weighted by atomic mass is 32.2. The van der Waals surface area contributed by atoms with Gasteiger partial charge in [0.25, 0.3) is 0 Å². The van der Waals surface area contributed by atoms with Gasteiger partial charge in [-0.15, -0.1) is 0 Å². The third-order valence-electron chi connectivity index (χ3n) is 3.58. The molecule has 0 fully saturated rings. The van der Waals surface area contributed by atoms with E-state index in [0.717, 1.165) is 18.4 Å². The molecule has 1 aromatic carbocycles. The van der Waals surface area contributed by atoms with Crippen molar-refractivity contribution in [3.63, 3.8) is 0 Å². The SMILES string of the molecule is C[C@@H]([C@](O)(Cn1cncn1)c1ccc(F)cc1F)S(C)(=O)=O. The highest BCUT2D eigenvalue weighted by Crippen LogP contribution is 2.33. The molecule has 1 N–H and O–H groups in total. The Balaban J connectivity index is 2.58. The van der Waals surface area contributed by atoms with Crippen molar-refractivity contribution in [2.24, 2.45) is 0 Å². The van der Waals surface area contributed by atoms with Gasteiger partial charge in [-0.1, -0.05) is 6.07 Å². The summed E-state index contributed by atoms with van der Waals surface area (Å²) in [5.41, 5.74) is -2.44. The van der Waals surface area contributed by atoms with Gasteiger partial charge in [0.1, 0.15) is 29.9 Å². The number of hydrogen-bond donors (Lipinski definition) is 1. The Bertz CT molecular complexity index is 765. The minimum absolute atomic E-state index is 0.317. The molecule has 0 aliphatic heterocycles. The Labute approximate surface area is 126 Å². The Morgan fingerprint density at radius 2 is 2.09 bits per heavy atom. The molecule has 0 amide bonds. The van der Waals surface area contributed by atoms with Gasteiger partial charge in [-0.05, 0) is 13.0 Å². The Morgan fingerprint density at radius 1 is 1.41 bits per heavy atom. The third-order valence-corrected chi connectivity index (χ3v) is 5.26. The van der Waals surface area contributed by atoms with Crippen LogP contribution < -0.4 is 0 Å². The summed E-state index contributed by atoms with van der Waals surface area (Å²) in [6.45, 7) is 0.916. The van der Waals surface area contributed by atoms with Gasteiger partial charge < -0.3 is 5.11 Å². The minimum Gasteiger partial charge on any atom is -0.382 e. The van der Waals surface area contributed by atoms with Crippen LogP contribution in [0.1, 0.15) is 12.5 Å². The van der Waals surface area contributed by atoms with Crippen molar-refractivity contribution in [1.29, 1.82) is 0 Å². The van der Waals surface area contributed by atoms with Crippen LogP contribution in [-0.4, -0.2) is 39.8 Å². The van der Waals surface area contributed by atoms with E-state index in [1.807, 2.05) is 0 Å². The van der Waals surface area contributed by atoms with Gasteiger partial charge in [0.05, 0.1) is 11.8 Å². The molecule has 1 aromatic heterocycles. The van der Waals surface area contributed by atoms with Gasteiger partial charge in [-0.25, -0.2) is 26.9 Å². The number of halogens is 2. The first-order chi connectivity index (χ1) is 10.1. The molecule has 0 saturated carbocycles. The Morgan fingerprint density at radius 3 is 2.59 bits per heavy atom. The van der Waals surface area contributed by atoms with Gasteiger partial charge in [0.15, 0.2) is 9.84 Å². The lowest BCUT2D eigenvalue weighted by molar-refractivity contribution is 0.0111. The first-order valence-corrected chi connectivity index (χ1v) is 8.29. The molecule has 0 unspecified atom stereocenters. The van der Waals surface area contributed by atoms with Crippen molar-refractivity contribution in [2.45, 2.75) is 24.3 Å². The quantitative estimate of drug-likeness (QED) is 0.879. The predicted octanol–water partition coefficient (Wildman–Crippen LogP) is 0.877. The third kappa shape index (κ3) is 3.14. The van der Waals surface area contributed by atoms with Crippen LogP contribution in [0.3, 0.4) is 0 Å². The van der Waals surface area contributed by atoms with E-state index in [-0.39, 0.29) is 12.1 Å². The molecule has 0 aliphatic rings. The lowest BCUT2D eigenvalue weighted by Gasteiger charge is -2.33. The molecule has 22 heavy (non-hydrogen) atoms. The second kappa shape index (κ2) is 5.73. The van der Waals surface area contributed by atoms with E-state index in [0.29, 0.717) is 6.07 Å². The summed E-state index contributed by atoms with van der Waals surface area (Å²) in [4.78, 5) is 3.70. The zero-order valence-corrected chi connectivity index (χ0v) is 12.8. The fraction of sp³-hybridized carbons (Fsp3) is 0.385. The lowest BCUT2D eigenvalue weighted by Crippen LogP contribution is -2.46. The first kappa shape index (κ1) is 16.5. The van der Waals surface area contributed by atoms with E-state index in [1.54, 1.807) is 0 Å². The summed E-state index contributed by atoms with van der Waals surface area (Å²) >= 11 is 0. The maximum absolute atomic E-state index is 14.1. The zero-order valence-electron chi connectivity index (χ0n) is 11.9. The summed E-state index contributed by atoms with van der Waals surface area (Å²) in [5.74, 6) is -1.85. The molecular weight excluding hydrogens is 316 g/mol. The average molecular weight is 331 g/mol. The Hall–Kier alpha value is -1.87. The number of benzene rings is 1. The second-order valence-electron chi connectivity index (χ2n) is 5.11. The van der Waals surface area contributed by atoms with Crippen LogP contribution >= 0.6 is 0 Å². The summed E-state index contributed by atoms with van der Waals surface area (Å²) in [6, 6.07) is 2.58. The van der Waals surface area contributed by atoms with Crippen molar-refractivity contribution < 1.29 is 22.3 Å². The molecule has 9 heteroatoms. The van der Waals surface area contributed by atoms with Crippen molar-refractivity contribution in [3.05, 3.63) is 48.1 Å². The number of aromatic nitrogens is 3. The molecule has 2 rings (SSSR count). The molecular formula is C13H15F2N3O3S. The van der Waals surface area contributed by atoms with Gasteiger partial charge >= 0.3 is 0 Å². The number of nitrogens with zero attached hydrogens (tertiary/aromatic N) is 3. The smallest absolute Gasteiger partial charge is 0.153 e. The van der Waals surface area contributed by atoms with Crippen LogP contribution in [0.4, 0.5) is 8.78 Å². The monoisotopic (exact) mass is 331 g/mol. The maximum Gasteiger partial charge on any atom is 0.153 e. The van der Waals surface area contributed by atoms with E-state index in [2.05, 4.69) is 10.1 Å². The van der Waals surface area contributed by atoms with Gasteiger partial charge in [0, 0.05) is 17.9 Å². The van der Waals surface area contributed by atoms with Crippen LogP contribution in [0.2, 0.25) is 0 Å². The summed E-state index contributed by atoms with van der Waals surface area (Å²) in [6.07, 6.45) is 3.40. The van der Waals surface area contributed by atoms with E-state index in [4.69, 9.17) is 0 Å². The van der Waals surface area contributed by atoms with Gasteiger partial charge in [0.2, 0.25) is 0 Å². The fourth-order valence-corrected chi connectivity index (χ4v) is 3.10. The standard InChI is InChI=1S/C13H15F2N3O3S/c1-9(22(2,20)21)13(19,6-18-8-16-7-17-18)11-4-3-10(14)5-12(11)15/h3-5,7-9,19H,6H2,1-2H3/t9-,13+/m0/s1. The van der Waals surface area contributed by atoms with Crippen LogP contribution in [0, 0.1) is 11.6 Å². The van der Waals surface area contributed by atoms with Crippen LogP contribution in [0.5, 0.6) is 0 Å². The molecule has 6 nitrogen and oxygen atoms in total. The molecule has 0 spiro atoms. The fourth-order valence-electron chi connectivity index (χ4n) is 2.19. The van der Waals surface area contributed by atoms with E-state index in [1.165, 1.54) is 24.3 Å². The highest BCUT2D eigenvalue weighted by molar-refractivity contribution is 7.91. The van der Waals surface area contributed by atoms with Crippen molar-refractivity contribution in [2.75, 3.05) is 6.26 Å². The van der Waals surface area contributed by atoms with E-state index < -0.39 is 32.3 Å². The summed E-state index contributed by atoms with van der Waals surface area (Å²) < 4.78 is 52.1. The van der Waals surface area contributed by atoms with Crippen molar-refractivity contribution >= 4 is 9.84 Å². The maximum atomic E-state index is 14.1. The molecule has 0 bridgehead atoms. The molecule has 2 atom stereocenters. The van der Waals surface area contributed by atoms with Gasteiger partial charge in [-0.2, -0.15) is 5.10 Å². The number of sulfone groups is 1. The molecule has 0 aliphatic carbocycles. The predicted molar refractivity (Wildman–Crippen MR) is 74.6 cm³/mol. The molecule has 0 radical (unpaired) electrons. The summed E-state index contributed by atoms with van der Waals surface area (Å²) in [7, 11) is -3.71. The van der Waals surface area contributed by atoms with Crippen molar-refractivity contribution in [1.82, 2.24) is 14.8 Å². The summed E-state index contributed by atoms with van der Waals surface area (Å²) in [5, 5.41) is 13.3. The normalized spacial score (nSPS) is 16.2. The average Bonchev–Trinajstić information content (AvgIpc) is 2.89. The Kier molecular flexibility index (Phi) is 4.30. The lowest BCUT2D eigenvalue weighted by atomic mass is 9.90. The number of rotatable bonds is 5. The first-order valence-electron chi connectivity index (χ1n) is 6.34. The molecule has 120 valence electrons. The highest BCUT2D eigenvalue weighted by Gasteiger charge is 2.44.